The first-order valence-electron chi connectivity index (χ1n) is 8.94. The maximum Gasteiger partial charge on any atom is 0.309 e. The number of fused-ring (bicyclic) bond motifs is 2. The second-order valence-electron chi connectivity index (χ2n) is 6.49. The van der Waals surface area contributed by atoms with Crippen LogP contribution in [0.3, 0.4) is 0 Å². The van der Waals surface area contributed by atoms with Gasteiger partial charge in [-0.15, -0.1) is 11.3 Å². The summed E-state index contributed by atoms with van der Waals surface area (Å²) in [6.07, 6.45) is 2.79. The average Bonchev–Trinajstić information content (AvgIpc) is 3.16. The van der Waals surface area contributed by atoms with Crippen LogP contribution in [0.1, 0.15) is 30.1 Å². The number of thiophene rings is 1. The van der Waals surface area contributed by atoms with Gasteiger partial charge in [0.25, 0.3) is 11.5 Å². The number of likely N-dealkylation sites (tertiary alicyclic amines) is 1. The molecule has 0 radical (unpaired) electrons. The van der Waals surface area contributed by atoms with Gasteiger partial charge in [-0.1, -0.05) is 0 Å². The van der Waals surface area contributed by atoms with E-state index in [-0.39, 0.29) is 23.4 Å². The summed E-state index contributed by atoms with van der Waals surface area (Å²) >= 11 is 1.34. The smallest absolute Gasteiger partial charge is 0.309 e. The molecule has 0 atom stereocenters. The number of hydrogen-bond donors (Lipinski definition) is 0. The van der Waals surface area contributed by atoms with Crippen LogP contribution in [0.5, 0.6) is 0 Å². The van der Waals surface area contributed by atoms with E-state index in [0.717, 1.165) is 0 Å². The highest BCUT2D eigenvalue weighted by Crippen LogP contribution is 2.22. The lowest BCUT2D eigenvalue weighted by atomic mass is 9.96. The van der Waals surface area contributed by atoms with E-state index in [4.69, 9.17) is 4.74 Å². The molecule has 140 valence electrons. The lowest BCUT2D eigenvalue weighted by molar-refractivity contribution is -0.149. The van der Waals surface area contributed by atoms with E-state index < -0.39 is 0 Å². The molecule has 3 aromatic rings. The minimum absolute atomic E-state index is 0.160. The van der Waals surface area contributed by atoms with Gasteiger partial charge in [0.15, 0.2) is 5.65 Å². The number of nitrogens with zero attached hydrogens (tertiary/aromatic N) is 3. The molecule has 1 fully saturated rings. The van der Waals surface area contributed by atoms with Gasteiger partial charge < -0.3 is 9.64 Å². The van der Waals surface area contributed by atoms with Gasteiger partial charge in [-0.2, -0.15) is 0 Å². The molecule has 1 aliphatic heterocycles. The van der Waals surface area contributed by atoms with Gasteiger partial charge in [-0.3, -0.25) is 18.8 Å². The van der Waals surface area contributed by atoms with E-state index in [1.54, 1.807) is 36.2 Å². The molecule has 8 heteroatoms. The van der Waals surface area contributed by atoms with Crippen LogP contribution in [0.15, 0.2) is 34.6 Å². The van der Waals surface area contributed by atoms with Crippen molar-refractivity contribution in [2.75, 3.05) is 19.7 Å². The Morgan fingerprint density at radius 3 is 2.81 bits per heavy atom. The maximum atomic E-state index is 13.1. The molecular weight excluding hydrogens is 366 g/mol. The molecule has 7 nitrogen and oxygen atoms in total. The number of aromatic nitrogens is 2. The zero-order valence-corrected chi connectivity index (χ0v) is 15.7. The second kappa shape index (κ2) is 7.11. The third kappa shape index (κ3) is 3.10. The first kappa shape index (κ1) is 17.7. The van der Waals surface area contributed by atoms with Crippen LogP contribution in [0.4, 0.5) is 0 Å². The fourth-order valence-corrected chi connectivity index (χ4v) is 4.23. The van der Waals surface area contributed by atoms with Crippen molar-refractivity contribution < 1.29 is 14.3 Å². The zero-order valence-electron chi connectivity index (χ0n) is 14.9. The highest BCUT2D eigenvalue weighted by molar-refractivity contribution is 7.17. The van der Waals surface area contributed by atoms with Crippen LogP contribution >= 0.6 is 11.3 Å². The van der Waals surface area contributed by atoms with Crippen molar-refractivity contribution in [2.24, 2.45) is 5.92 Å². The SMILES string of the molecule is CCOC(=O)C1CCN(C(=O)c2cccn3c(=O)c4sccc4nc23)CC1. The van der Waals surface area contributed by atoms with Gasteiger partial charge in [-0.05, 0) is 43.3 Å². The van der Waals surface area contributed by atoms with Crippen molar-refractivity contribution in [3.8, 4) is 0 Å². The van der Waals surface area contributed by atoms with Gasteiger partial charge in [-0.25, -0.2) is 4.98 Å². The van der Waals surface area contributed by atoms with E-state index in [1.807, 2.05) is 5.38 Å². The molecule has 0 N–H and O–H groups in total. The van der Waals surface area contributed by atoms with Crippen molar-refractivity contribution in [2.45, 2.75) is 19.8 Å². The Bertz CT molecular complexity index is 1080. The molecule has 4 rings (SSSR count). The van der Waals surface area contributed by atoms with Gasteiger partial charge in [0.05, 0.1) is 23.6 Å². The minimum Gasteiger partial charge on any atom is -0.466 e. The fraction of sp³-hybridized carbons (Fsp3) is 0.368. The highest BCUT2D eigenvalue weighted by atomic mass is 32.1. The van der Waals surface area contributed by atoms with E-state index in [9.17, 15) is 14.4 Å². The molecule has 4 heterocycles. The summed E-state index contributed by atoms with van der Waals surface area (Å²) in [5.74, 6) is -0.521. The number of ether oxygens (including phenoxy) is 1. The lowest BCUT2D eigenvalue weighted by Gasteiger charge is -2.31. The van der Waals surface area contributed by atoms with Crippen LogP contribution in [-0.2, 0) is 9.53 Å². The van der Waals surface area contributed by atoms with Gasteiger partial charge >= 0.3 is 5.97 Å². The molecule has 3 aromatic heterocycles. The number of amides is 1. The number of esters is 1. The number of pyridine rings is 1. The lowest BCUT2D eigenvalue weighted by Crippen LogP contribution is -2.41. The number of carbonyl (C=O) groups excluding carboxylic acids is 2. The largest absolute Gasteiger partial charge is 0.466 e. The molecule has 27 heavy (non-hydrogen) atoms. The Morgan fingerprint density at radius 2 is 2.07 bits per heavy atom. The van der Waals surface area contributed by atoms with E-state index in [0.29, 0.717) is 54.0 Å². The zero-order chi connectivity index (χ0) is 19.0. The van der Waals surface area contributed by atoms with E-state index in [2.05, 4.69) is 4.98 Å². The predicted octanol–water partition coefficient (Wildman–Crippen LogP) is 2.32. The molecule has 0 saturated carbocycles. The van der Waals surface area contributed by atoms with E-state index in [1.165, 1.54) is 15.7 Å². The molecule has 0 aromatic carbocycles. The number of piperidine rings is 1. The van der Waals surface area contributed by atoms with Crippen LogP contribution < -0.4 is 5.56 Å². The maximum absolute atomic E-state index is 13.1. The Kier molecular flexibility index (Phi) is 4.65. The predicted molar refractivity (Wildman–Crippen MR) is 102 cm³/mol. The number of hydrogen-bond acceptors (Lipinski definition) is 6. The Balaban J connectivity index is 1.63. The molecule has 0 spiro atoms. The monoisotopic (exact) mass is 385 g/mol. The molecule has 1 amide bonds. The van der Waals surface area contributed by atoms with Crippen LogP contribution in [0.2, 0.25) is 0 Å². The summed E-state index contributed by atoms with van der Waals surface area (Å²) in [4.78, 5) is 43.8. The molecular formula is C19H19N3O4S. The van der Waals surface area contributed by atoms with Crippen LogP contribution in [-0.4, -0.2) is 45.9 Å². The first-order valence-corrected chi connectivity index (χ1v) is 9.82. The third-order valence-corrected chi connectivity index (χ3v) is 5.78. The van der Waals surface area contributed by atoms with Crippen molar-refractivity contribution in [1.82, 2.24) is 14.3 Å². The van der Waals surface area contributed by atoms with E-state index >= 15 is 0 Å². The number of carbonyl (C=O) groups is 2. The molecule has 0 unspecified atom stereocenters. The Morgan fingerprint density at radius 1 is 1.30 bits per heavy atom. The topological polar surface area (TPSA) is 81.0 Å². The third-order valence-electron chi connectivity index (χ3n) is 4.88. The minimum atomic E-state index is -0.192. The van der Waals surface area contributed by atoms with Crippen molar-refractivity contribution in [1.29, 1.82) is 0 Å². The molecule has 0 bridgehead atoms. The van der Waals surface area contributed by atoms with Gasteiger partial charge in [0, 0.05) is 19.3 Å². The van der Waals surface area contributed by atoms with Crippen molar-refractivity contribution in [3.05, 3.63) is 45.7 Å². The average molecular weight is 385 g/mol. The second-order valence-corrected chi connectivity index (χ2v) is 7.40. The summed E-state index contributed by atoms with van der Waals surface area (Å²) in [6, 6.07) is 5.17. The van der Waals surface area contributed by atoms with Crippen LogP contribution in [0.25, 0.3) is 15.9 Å². The van der Waals surface area contributed by atoms with Crippen molar-refractivity contribution in [3.63, 3.8) is 0 Å². The number of rotatable bonds is 3. The first-order chi connectivity index (χ1) is 13.1. The van der Waals surface area contributed by atoms with Crippen molar-refractivity contribution >= 4 is 39.1 Å². The van der Waals surface area contributed by atoms with Crippen LogP contribution in [0, 0.1) is 5.92 Å². The summed E-state index contributed by atoms with van der Waals surface area (Å²) in [5.41, 5.74) is 1.20. The summed E-state index contributed by atoms with van der Waals surface area (Å²) in [7, 11) is 0. The summed E-state index contributed by atoms with van der Waals surface area (Å²) in [5, 5.41) is 1.82. The van der Waals surface area contributed by atoms with Gasteiger partial charge in [0.1, 0.15) is 4.70 Å². The summed E-state index contributed by atoms with van der Waals surface area (Å²) in [6.45, 7) is 3.12. The normalized spacial score (nSPS) is 15.4. The standard InChI is InChI=1S/C19H19N3O4S/c1-2-26-19(25)12-5-9-21(10-6-12)17(23)13-4-3-8-22-16(13)20-14-7-11-27-15(14)18(22)24/h3-4,7-8,11-12H,2,5-6,9-10H2,1H3. The van der Waals surface area contributed by atoms with Gasteiger partial charge in [0.2, 0.25) is 0 Å². The molecule has 1 saturated heterocycles. The fourth-order valence-electron chi connectivity index (χ4n) is 3.47. The molecule has 0 aliphatic carbocycles. The quantitative estimate of drug-likeness (QED) is 0.647. The Labute approximate surface area is 159 Å². The molecule has 1 aliphatic rings. The summed E-state index contributed by atoms with van der Waals surface area (Å²) < 4.78 is 7.08. The highest BCUT2D eigenvalue weighted by Gasteiger charge is 2.29. The Hall–Kier alpha value is -2.74.